The van der Waals surface area contributed by atoms with Gasteiger partial charge in [0.2, 0.25) is 0 Å². The number of carboxylic acids is 1. The van der Waals surface area contributed by atoms with Crippen LogP contribution in [-0.4, -0.2) is 36.2 Å². The highest BCUT2D eigenvalue weighted by molar-refractivity contribution is 5.66. The molecule has 0 saturated heterocycles. The van der Waals surface area contributed by atoms with E-state index in [0.717, 1.165) is 56.0 Å². The van der Waals surface area contributed by atoms with Gasteiger partial charge < -0.3 is 15.2 Å². The fraction of sp³-hybridized carbons (Fsp3) is 0.857. The molecular formula is C28H45NO4. The van der Waals surface area contributed by atoms with Crippen molar-refractivity contribution >= 4 is 11.9 Å². The number of rotatable bonds is 8. The van der Waals surface area contributed by atoms with Crippen molar-refractivity contribution in [2.45, 2.75) is 98.0 Å². The molecule has 5 heteroatoms. The highest BCUT2D eigenvalue weighted by Crippen LogP contribution is 2.67. The lowest BCUT2D eigenvalue weighted by Gasteiger charge is -2.58. The SMILES string of the molecule is CC(=O)O[C@H]1CC[C@@]2(C)C(=CC[C@H]3[C@@H]4CC[C@H]([C@H](C)CNCCCC(=O)O)[C@@]4(C)CC[C@@H]32)C1. The molecule has 0 heterocycles. The molecule has 3 saturated carbocycles. The van der Waals surface area contributed by atoms with Gasteiger partial charge in [-0.25, -0.2) is 0 Å². The average Bonchev–Trinajstić information content (AvgIpc) is 3.10. The van der Waals surface area contributed by atoms with E-state index in [0.29, 0.717) is 17.8 Å². The van der Waals surface area contributed by atoms with Crippen LogP contribution >= 0.6 is 0 Å². The molecule has 0 aromatic carbocycles. The molecule has 4 aliphatic carbocycles. The molecule has 33 heavy (non-hydrogen) atoms. The summed E-state index contributed by atoms with van der Waals surface area (Å²) in [5.74, 6) is 2.93. The van der Waals surface area contributed by atoms with Crippen LogP contribution in [0.4, 0.5) is 0 Å². The molecular weight excluding hydrogens is 414 g/mol. The molecule has 0 amide bonds. The summed E-state index contributed by atoms with van der Waals surface area (Å²) in [6.07, 6.45) is 13.3. The Kier molecular flexibility index (Phi) is 7.29. The Morgan fingerprint density at radius 2 is 1.97 bits per heavy atom. The van der Waals surface area contributed by atoms with Crippen molar-refractivity contribution in [1.29, 1.82) is 0 Å². The number of allylic oxidation sites excluding steroid dienone is 1. The van der Waals surface area contributed by atoms with Crippen LogP contribution in [0.3, 0.4) is 0 Å². The fourth-order valence-electron chi connectivity index (χ4n) is 8.77. The Balaban J connectivity index is 1.40. The smallest absolute Gasteiger partial charge is 0.303 e. The number of esters is 1. The summed E-state index contributed by atoms with van der Waals surface area (Å²) in [6.45, 7) is 10.8. The van der Waals surface area contributed by atoms with Crippen molar-refractivity contribution in [2.24, 2.45) is 40.4 Å². The maximum atomic E-state index is 11.5. The van der Waals surface area contributed by atoms with Crippen molar-refractivity contribution in [3.63, 3.8) is 0 Å². The number of ether oxygens (including phenoxy) is 1. The zero-order valence-electron chi connectivity index (χ0n) is 21.2. The normalized spacial score (nSPS) is 40.7. The molecule has 5 nitrogen and oxygen atoms in total. The number of hydrogen-bond donors (Lipinski definition) is 2. The van der Waals surface area contributed by atoms with Crippen molar-refractivity contribution in [3.8, 4) is 0 Å². The van der Waals surface area contributed by atoms with Gasteiger partial charge in [-0.15, -0.1) is 0 Å². The molecule has 0 spiro atoms. The van der Waals surface area contributed by atoms with Gasteiger partial charge in [0.15, 0.2) is 0 Å². The summed E-state index contributed by atoms with van der Waals surface area (Å²) in [4.78, 5) is 22.2. The standard InChI is InChI=1S/C28H45NO4/c1-18(17-29-15-5-6-26(31)32)23-9-10-24-22-8-7-20-16-21(33-19(2)30)11-13-27(20,3)25(22)12-14-28(23,24)4/h7,18,21-25,29H,5-6,8-17H2,1-4H3,(H,31,32)/t18-,21+,22+,23-,24+,25+,27+,28-/m1/s1. The molecule has 4 rings (SSSR count). The number of fused-ring (bicyclic) bond motifs is 5. The minimum absolute atomic E-state index is 0.0759. The largest absolute Gasteiger partial charge is 0.481 e. The van der Waals surface area contributed by atoms with E-state index in [1.165, 1.54) is 39.0 Å². The van der Waals surface area contributed by atoms with E-state index in [-0.39, 0.29) is 23.9 Å². The van der Waals surface area contributed by atoms with Gasteiger partial charge in [-0.2, -0.15) is 0 Å². The van der Waals surface area contributed by atoms with Gasteiger partial charge in [0, 0.05) is 19.8 Å². The lowest BCUT2D eigenvalue weighted by atomic mass is 9.47. The Morgan fingerprint density at radius 3 is 2.70 bits per heavy atom. The minimum atomic E-state index is -0.703. The van der Waals surface area contributed by atoms with E-state index in [1.807, 2.05) is 0 Å². The van der Waals surface area contributed by atoms with Crippen molar-refractivity contribution in [1.82, 2.24) is 5.32 Å². The molecule has 0 aliphatic heterocycles. The van der Waals surface area contributed by atoms with Gasteiger partial charge in [0.05, 0.1) is 0 Å². The Morgan fingerprint density at radius 1 is 1.18 bits per heavy atom. The highest BCUT2D eigenvalue weighted by Gasteiger charge is 2.59. The second-order valence-corrected chi connectivity index (χ2v) is 12.1. The van der Waals surface area contributed by atoms with Crippen LogP contribution in [0, 0.1) is 40.4 Å². The van der Waals surface area contributed by atoms with E-state index in [1.54, 1.807) is 5.57 Å². The molecule has 0 unspecified atom stereocenters. The first kappa shape index (κ1) is 24.8. The third kappa shape index (κ3) is 4.76. The summed E-state index contributed by atoms with van der Waals surface area (Å²) < 4.78 is 5.59. The van der Waals surface area contributed by atoms with Gasteiger partial charge in [-0.3, -0.25) is 9.59 Å². The van der Waals surface area contributed by atoms with Crippen LogP contribution < -0.4 is 5.32 Å². The summed E-state index contributed by atoms with van der Waals surface area (Å²) in [5, 5.41) is 12.4. The quantitative estimate of drug-likeness (QED) is 0.281. The Bertz CT molecular complexity index is 778. The highest BCUT2D eigenvalue weighted by atomic mass is 16.5. The third-order valence-electron chi connectivity index (χ3n) is 10.4. The van der Waals surface area contributed by atoms with E-state index >= 15 is 0 Å². The summed E-state index contributed by atoms with van der Waals surface area (Å²) in [5.41, 5.74) is 2.29. The average molecular weight is 460 g/mol. The molecule has 0 bridgehead atoms. The number of carboxylic acid groups (broad SMARTS) is 1. The zero-order valence-corrected chi connectivity index (χ0v) is 21.2. The predicted octanol–water partition coefficient (Wildman–Crippen LogP) is 5.59. The number of carbonyl (C=O) groups is 2. The molecule has 4 aliphatic rings. The van der Waals surface area contributed by atoms with E-state index in [9.17, 15) is 9.59 Å². The van der Waals surface area contributed by atoms with Crippen LogP contribution in [0.15, 0.2) is 11.6 Å². The number of aliphatic carboxylic acids is 1. The first-order valence-corrected chi connectivity index (χ1v) is 13.4. The second-order valence-electron chi connectivity index (χ2n) is 12.1. The number of hydrogen-bond acceptors (Lipinski definition) is 4. The molecule has 0 aromatic rings. The van der Waals surface area contributed by atoms with Crippen molar-refractivity contribution in [3.05, 3.63) is 11.6 Å². The van der Waals surface area contributed by atoms with Crippen molar-refractivity contribution in [2.75, 3.05) is 13.1 Å². The molecule has 2 N–H and O–H groups in total. The Hall–Kier alpha value is -1.36. The summed E-state index contributed by atoms with van der Waals surface area (Å²) >= 11 is 0. The second kappa shape index (κ2) is 9.71. The topological polar surface area (TPSA) is 75.6 Å². The molecule has 0 radical (unpaired) electrons. The van der Waals surface area contributed by atoms with Crippen LogP contribution in [-0.2, 0) is 14.3 Å². The molecule has 8 atom stereocenters. The maximum absolute atomic E-state index is 11.5. The zero-order chi connectivity index (χ0) is 23.8. The van der Waals surface area contributed by atoms with Gasteiger partial charge >= 0.3 is 11.9 Å². The summed E-state index contributed by atoms with van der Waals surface area (Å²) in [6, 6.07) is 0. The minimum Gasteiger partial charge on any atom is -0.481 e. The van der Waals surface area contributed by atoms with Crippen LogP contribution in [0.5, 0.6) is 0 Å². The maximum Gasteiger partial charge on any atom is 0.303 e. The van der Waals surface area contributed by atoms with E-state index in [4.69, 9.17) is 9.84 Å². The van der Waals surface area contributed by atoms with Gasteiger partial charge in [0.1, 0.15) is 6.10 Å². The predicted molar refractivity (Wildman–Crippen MR) is 130 cm³/mol. The van der Waals surface area contributed by atoms with Gasteiger partial charge in [-0.1, -0.05) is 32.4 Å². The third-order valence-corrected chi connectivity index (χ3v) is 10.4. The van der Waals surface area contributed by atoms with Crippen LogP contribution in [0.2, 0.25) is 0 Å². The van der Waals surface area contributed by atoms with Crippen LogP contribution in [0.1, 0.15) is 91.9 Å². The fourth-order valence-corrected chi connectivity index (χ4v) is 8.77. The monoisotopic (exact) mass is 459 g/mol. The van der Waals surface area contributed by atoms with Crippen molar-refractivity contribution < 1.29 is 19.4 Å². The first-order chi connectivity index (χ1) is 15.6. The number of nitrogens with one attached hydrogen (secondary N) is 1. The van der Waals surface area contributed by atoms with Gasteiger partial charge in [-0.05, 0) is 105 Å². The lowest BCUT2D eigenvalue weighted by molar-refractivity contribution is -0.148. The van der Waals surface area contributed by atoms with Crippen LogP contribution in [0.25, 0.3) is 0 Å². The van der Waals surface area contributed by atoms with E-state index < -0.39 is 5.97 Å². The van der Waals surface area contributed by atoms with E-state index in [2.05, 4.69) is 32.2 Å². The molecule has 0 aromatic heterocycles. The Labute approximate surface area is 200 Å². The number of carbonyl (C=O) groups excluding carboxylic acids is 1. The first-order valence-electron chi connectivity index (χ1n) is 13.4. The van der Waals surface area contributed by atoms with Gasteiger partial charge in [0.25, 0.3) is 0 Å². The molecule has 186 valence electrons. The summed E-state index contributed by atoms with van der Waals surface area (Å²) in [7, 11) is 0. The molecule has 3 fully saturated rings. The lowest BCUT2D eigenvalue weighted by Crippen LogP contribution is -2.51.